The summed E-state index contributed by atoms with van der Waals surface area (Å²) in [5.74, 6) is -2.40. The van der Waals surface area contributed by atoms with E-state index in [1.165, 1.54) is 12.2 Å². The number of hydrogen-bond acceptors (Lipinski definition) is 1. The molecule has 0 aromatic rings. The van der Waals surface area contributed by atoms with Gasteiger partial charge < -0.3 is 5.73 Å². The third-order valence-electron chi connectivity index (χ3n) is 1.55. The van der Waals surface area contributed by atoms with E-state index in [4.69, 9.17) is 0 Å². The second-order valence-electron chi connectivity index (χ2n) is 2.31. The molecule has 1 rings (SSSR count). The number of halogens is 2. The van der Waals surface area contributed by atoms with Crippen LogP contribution >= 0.6 is 0 Å². The van der Waals surface area contributed by atoms with Crippen LogP contribution in [0.4, 0.5) is 8.78 Å². The van der Waals surface area contributed by atoms with Crippen LogP contribution in [-0.2, 0) is 4.79 Å². The van der Waals surface area contributed by atoms with Gasteiger partial charge in [-0.1, -0.05) is 12.2 Å². The molecule has 1 aliphatic carbocycles. The van der Waals surface area contributed by atoms with Gasteiger partial charge in [-0.2, -0.15) is 0 Å². The molecule has 0 spiro atoms. The SMILES string of the molecule is NC(=O)C1(F)CC=CC=C1F. The van der Waals surface area contributed by atoms with Crippen molar-refractivity contribution < 1.29 is 13.6 Å². The fourth-order valence-corrected chi connectivity index (χ4v) is 0.831. The molecule has 2 N–H and O–H groups in total. The van der Waals surface area contributed by atoms with E-state index in [1.807, 2.05) is 0 Å². The van der Waals surface area contributed by atoms with E-state index < -0.39 is 17.4 Å². The molecular formula is C7H7F2NO. The topological polar surface area (TPSA) is 43.1 Å². The lowest BCUT2D eigenvalue weighted by atomic mass is 9.95. The van der Waals surface area contributed by atoms with Gasteiger partial charge in [-0.3, -0.25) is 4.79 Å². The number of alkyl halides is 1. The summed E-state index contributed by atoms with van der Waals surface area (Å²) in [6.45, 7) is 0. The number of nitrogens with two attached hydrogens (primary N) is 1. The Bertz CT molecular complexity index is 247. The van der Waals surface area contributed by atoms with E-state index in [9.17, 15) is 13.6 Å². The van der Waals surface area contributed by atoms with Crippen molar-refractivity contribution in [3.63, 3.8) is 0 Å². The molecule has 1 atom stereocenters. The molecule has 4 heteroatoms. The first-order valence-corrected chi connectivity index (χ1v) is 3.09. The van der Waals surface area contributed by atoms with Crippen LogP contribution in [0.2, 0.25) is 0 Å². The number of primary amides is 1. The van der Waals surface area contributed by atoms with E-state index in [0.717, 1.165) is 6.08 Å². The van der Waals surface area contributed by atoms with Crippen LogP contribution in [0.1, 0.15) is 6.42 Å². The van der Waals surface area contributed by atoms with E-state index in [0.29, 0.717) is 0 Å². The minimum absolute atomic E-state index is 0.315. The summed E-state index contributed by atoms with van der Waals surface area (Å²) < 4.78 is 25.7. The fourth-order valence-electron chi connectivity index (χ4n) is 0.831. The first-order valence-electron chi connectivity index (χ1n) is 3.09. The molecule has 0 heterocycles. The number of carbonyl (C=O) groups excluding carboxylic acids is 1. The van der Waals surface area contributed by atoms with Crippen LogP contribution in [0.25, 0.3) is 0 Å². The quantitative estimate of drug-likeness (QED) is 0.609. The second kappa shape index (κ2) is 2.45. The molecule has 0 fully saturated rings. The van der Waals surface area contributed by atoms with Gasteiger partial charge in [0.1, 0.15) is 5.83 Å². The first-order chi connectivity index (χ1) is 5.07. The van der Waals surface area contributed by atoms with Crippen molar-refractivity contribution >= 4 is 5.91 Å². The number of allylic oxidation sites excluding steroid dienone is 3. The summed E-state index contributed by atoms with van der Waals surface area (Å²) in [6, 6.07) is 0. The molecule has 0 saturated carbocycles. The summed E-state index contributed by atoms with van der Waals surface area (Å²) in [6.07, 6.45) is 3.28. The standard InChI is InChI=1S/C7H7F2NO/c8-5-3-1-2-4-7(5,9)6(10)11/h1-3H,4H2,(H2,10,11). The average Bonchev–Trinajstić information content (AvgIpc) is 1.95. The lowest BCUT2D eigenvalue weighted by molar-refractivity contribution is -0.128. The van der Waals surface area contributed by atoms with Gasteiger partial charge >= 0.3 is 0 Å². The lowest BCUT2D eigenvalue weighted by Gasteiger charge is -2.19. The molecule has 0 radical (unpaired) electrons. The minimum atomic E-state index is -2.62. The van der Waals surface area contributed by atoms with Crippen molar-refractivity contribution in [2.24, 2.45) is 5.73 Å². The van der Waals surface area contributed by atoms with Gasteiger partial charge in [-0.25, -0.2) is 8.78 Å². The molecule has 1 unspecified atom stereocenters. The molecule has 0 aromatic heterocycles. The van der Waals surface area contributed by atoms with Crippen molar-refractivity contribution in [3.05, 3.63) is 24.1 Å². The maximum absolute atomic E-state index is 13.1. The van der Waals surface area contributed by atoms with Crippen LogP contribution < -0.4 is 5.73 Å². The van der Waals surface area contributed by atoms with Gasteiger partial charge in [0, 0.05) is 6.42 Å². The Morgan fingerprint density at radius 1 is 1.73 bits per heavy atom. The highest BCUT2D eigenvalue weighted by atomic mass is 19.2. The number of hydrogen-bond donors (Lipinski definition) is 1. The predicted octanol–water partition coefficient (Wildman–Crippen LogP) is 0.993. The van der Waals surface area contributed by atoms with Crippen molar-refractivity contribution in [2.45, 2.75) is 12.1 Å². The molecular weight excluding hydrogens is 152 g/mol. The van der Waals surface area contributed by atoms with Crippen molar-refractivity contribution in [1.29, 1.82) is 0 Å². The monoisotopic (exact) mass is 159 g/mol. The van der Waals surface area contributed by atoms with E-state index in [2.05, 4.69) is 5.73 Å². The minimum Gasteiger partial charge on any atom is -0.366 e. The predicted molar refractivity (Wildman–Crippen MR) is 36.0 cm³/mol. The van der Waals surface area contributed by atoms with Crippen molar-refractivity contribution in [1.82, 2.24) is 0 Å². The summed E-state index contributed by atoms with van der Waals surface area (Å²) in [4.78, 5) is 10.4. The van der Waals surface area contributed by atoms with Gasteiger partial charge in [0.2, 0.25) is 5.67 Å². The van der Waals surface area contributed by atoms with Crippen LogP contribution in [0, 0.1) is 0 Å². The van der Waals surface area contributed by atoms with E-state index in [-0.39, 0.29) is 6.42 Å². The summed E-state index contributed by atoms with van der Waals surface area (Å²) >= 11 is 0. The Morgan fingerprint density at radius 2 is 2.36 bits per heavy atom. The molecule has 2 nitrogen and oxygen atoms in total. The molecule has 0 aromatic carbocycles. The molecule has 1 aliphatic rings. The fraction of sp³-hybridized carbons (Fsp3) is 0.286. The van der Waals surface area contributed by atoms with Crippen LogP contribution in [0.5, 0.6) is 0 Å². The molecule has 0 aliphatic heterocycles. The highest BCUT2D eigenvalue weighted by Gasteiger charge is 2.41. The molecule has 11 heavy (non-hydrogen) atoms. The largest absolute Gasteiger partial charge is 0.366 e. The van der Waals surface area contributed by atoms with Gasteiger partial charge in [0.15, 0.2) is 0 Å². The highest BCUT2D eigenvalue weighted by Crippen LogP contribution is 2.30. The average molecular weight is 159 g/mol. The Morgan fingerprint density at radius 3 is 2.73 bits per heavy atom. The second-order valence-corrected chi connectivity index (χ2v) is 2.31. The van der Waals surface area contributed by atoms with Crippen LogP contribution in [-0.4, -0.2) is 11.6 Å². The van der Waals surface area contributed by atoms with E-state index in [1.54, 1.807) is 0 Å². The molecule has 60 valence electrons. The van der Waals surface area contributed by atoms with E-state index >= 15 is 0 Å². The number of carbonyl (C=O) groups is 1. The van der Waals surface area contributed by atoms with Crippen LogP contribution in [0.3, 0.4) is 0 Å². The lowest BCUT2D eigenvalue weighted by Crippen LogP contribution is -2.40. The molecule has 0 saturated heterocycles. The maximum atomic E-state index is 13.1. The molecule has 0 bridgehead atoms. The Hall–Kier alpha value is -1.19. The van der Waals surface area contributed by atoms with Gasteiger partial charge in [0.25, 0.3) is 5.91 Å². The normalized spacial score (nSPS) is 29.8. The van der Waals surface area contributed by atoms with Gasteiger partial charge in [0.05, 0.1) is 0 Å². The highest BCUT2D eigenvalue weighted by molar-refractivity contribution is 5.87. The summed E-state index contributed by atoms with van der Waals surface area (Å²) in [5, 5.41) is 0. The first kappa shape index (κ1) is 7.91. The third kappa shape index (κ3) is 1.15. The Labute approximate surface area is 62.4 Å². The molecule has 1 amide bonds. The van der Waals surface area contributed by atoms with Crippen LogP contribution in [0.15, 0.2) is 24.1 Å². The maximum Gasteiger partial charge on any atom is 0.262 e. The third-order valence-corrected chi connectivity index (χ3v) is 1.55. The number of amides is 1. The number of rotatable bonds is 1. The Balaban J connectivity index is 2.97. The zero-order valence-electron chi connectivity index (χ0n) is 5.68. The zero-order chi connectivity index (χ0) is 8.48. The van der Waals surface area contributed by atoms with Crippen molar-refractivity contribution in [3.8, 4) is 0 Å². The van der Waals surface area contributed by atoms with Gasteiger partial charge in [-0.15, -0.1) is 0 Å². The van der Waals surface area contributed by atoms with Gasteiger partial charge in [-0.05, 0) is 6.08 Å². The summed E-state index contributed by atoms with van der Waals surface area (Å²) in [7, 11) is 0. The Kier molecular flexibility index (Phi) is 1.76. The van der Waals surface area contributed by atoms with Crippen molar-refractivity contribution in [2.75, 3.05) is 0 Å². The smallest absolute Gasteiger partial charge is 0.262 e. The summed E-state index contributed by atoms with van der Waals surface area (Å²) in [5.41, 5.74) is 2.05. The zero-order valence-corrected chi connectivity index (χ0v) is 5.68.